The fourth-order valence-electron chi connectivity index (χ4n) is 2.68. The quantitative estimate of drug-likeness (QED) is 0.907. The maximum absolute atomic E-state index is 14.0. The lowest BCUT2D eigenvalue weighted by Crippen LogP contribution is -2.51. The molecule has 2 rings (SSSR count). The first kappa shape index (κ1) is 14.5. The number of benzene rings is 1. The standard InChI is InChI=1S/C14H18BrFN2O/c1-9-4-3-7-18(12(9)8-17)14(19)10-5-2-6-11(15)13(10)16/h2,5-6,9,12H,3-4,7-8,17H2,1H3. The molecule has 0 aliphatic carbocycles. The van der Waals surface area contributed by atoms with E-state index in [-0.39, 0.29) is 17.5 Å². The van der Waals surface area contributed by atoms with E-state index in [4.69, 9.17) is 5.73 Å². The van der Waals surface area contributed by atoms with Gasteiger partial charge in [0.25, 0.3) is 5.91 Å². The van der Waals surface area contributed by atoms with Crippen LogP contribution in [0.1, 0.15) is 30.1 Å². The molecular weight excluding hydrogens is 311 g/mol. The number of nitrogens with zero attached hydrogens (tertiary/aromatic N) is 1. The predicted octanol–water partition coefficient (Wildman–Crippen LogP) is 2.79. The van der Waals surface area contributed by atoms with Crippen molar-refractivity contribution in [2.75, 3.05) is 13.1 Å². The summed E-state index contributed by atoms with van der Waals surface area (Å²) in [6.45, 7) is 3.16. The summed E-state index contributed by atoms with van der Waals surface area (Å²) in [5.74, 6) is -0.403. The van der Waals surface area contributed by atoms with Gasteiger partial charge in [-0.2, -0.15) is 0 Å². The van der Waals surface area contributed by atoms with Crippen molar-refractivity contribution >= 4 is 21.8 Å². The Balaban J connectivity index is 2.29. The van der Waals surface area contributed by atoms with Gasteiger partial charge < -0.3 is 10.6 Å². The Morgan fingerprint density at radius 1 is 1.58 bits per heavy atom. The summed E-state index contributed by atoms with van der Waals surface area (Å²) in [7, 11) is 0. The molecule has 3 nitrogen and oxygen atoms in total. The molecular formula is C14H18BrFN2O. The van der Waals surface area contributed by atoms with Crippen LogP contribution in [0, 0.1) is 11.7 Å². The molecule has 0 spiro atoms. The highest BCUT2D eigenvalue weighted by molar-refractivity contribution is 9.10. The smallest absolute Gasteiger partial charge is 0.257 e. The molecule has 104 valence electrons. The van der Waals surface area contributed by atoms with Gasteiger partial charge in [0.2, 0.25) is 0 Å². The third-order valence-electron chi connectivity index (χ3n) is 3.80. The first-order valence-corrected chi connectivity index (χ1v) is 7.30. The van der Waals surface area contributed by atoms with E-state index in [9.17, 15) is 9.18 Å². The molecule has 0 aromatic heterocycles. The largest absolute Gasteiger partial charge is 0.334 e. The number of amides is 1. The number of carbonyl (C=O) groups excluding carboxylic acids is 1. The second kappa shape index (κ2) is 6.01. The minimum absolute atomic E-state index is 0.000341. The maximum atomic E-state index is 14.0. The maximum Gasteiger partial charge on any atom is 0.257 e. The third kappa shape index (κ3) is 2.82. The minimum Gasteiger partial charge on any atom is -0.334 e. The van der Waals surface area contributed by atoms with Gasteiger partial charge in [-0.3, -0.25) is 4.79 Å². The highest BCUT2D eigenvalue weighted by Crippen LogP contribution is 2.26. The Kier molecular flexibility index (Phi) is 4.58. The van der Waals surface area contributed by atoms with Crippen LogP contribution < -0.4 is 5.73 Å². The van der Waals surface area contributed by atoms with Crippen molar-refractivity contribution in [2.24, 2.45) is 11.7 Å². The van der Waals surface area contributed by atoms with Crippen LogP contribution >= 0.6 is 15.9 Å². The van der Waals surface area contributed by atoms with Crippen LogP contribution in [0.2, 0.25) is 0 Å². The van der Waals surface area contributed by atoms with Crippen molar-refractivity contribution in [1.82, 2.24) is 4.90 Å². The van der Waals surface area contributed by atoms with Gasteiger partial charge in [0, 0.05) is 19.1 Å². The summed E-state index contributed by atoms with van der Waals surface area (Å²) in [5, 5.41) is 0. The van der Waals surface area contributed by atoms with Crippen molar-refractivity contribution in [3.05, 3.63) is 34.1 Å². The average molecular weight is 329 g/mol. The van der Waals surface area contributed by atoms with E-state index in [1.807, 2.05) is 0 Å². The van der Waals surface area contributed by atoms with E-state index in [2.05, 4.69) is 22.9 Å². The molecule has 19 heavy (non-hydrogen) atoms. The molecule has 2 unspecified atom stereocenters. The molecule has 1 amide bonds. The van der Waals surface area contributed by atoms with Crippen molar-refractivity contribution in [2.45, 2.75) is 25.8 Å². The third-order valence-corrected chi connectivity index (χ3v) is 4.41. The number of hydrogen-bond donors (Lipinski definition) is 1. The molecule has 5 heteroatoms. The summed E-state index contributed by atoms with van der Waals surface area (Å²) in [6.07, 6.45) is 2.01. The summed E-state index contributed by atoms with van der Waals surface area (Å²) >= 11 is 3.11. The number of hydrogen-bond acceptors (Lipinski definition) is 2. The van der Waals surface area contributed by atoms with E-state index in [1.165, 1.54) is 6.07 Å². The predicted molar refractivity (Wildman–Crippen MR) is 76.4 cm³/mol. The zero-order valence-corrected chi connectivity index (χ0v) is 12.5. The number of rotatable bonds is 2. The second-order valence-corrected chi connectivity index (χ2v) is 5.88. The topological polar surface area (TPSA) is 46.3 Å². The fourth-order valence-corrected chi connectivity index (χ4v) is 3.05. The van der Waals surface area contributed by atoms with Crippen LogP contribution in [0.3, 0.4) is 0 Å². The highest BCUT2D eigenvalue weighted by atomic mass is 79.9. The fraction of sp³-hybridized carbons (Fsp3) is 0.500. The SMILES string of the molecule is CC1CCCN(C(=O)c2cccc(Br)c2F)C1CN. The van der Waals surface area contributed by atoms with Gasteiger partial charge in [0.05, 0.1) is 10.0 Å². The number of halogens is 2. The summed E-state index contributed by atoms with van der Waals surface area (Å²) < 4.78 is 14.3. The van der Waals surface area contributed by atoms with Crippen LogP contribution in [0.5, 0.6) is 0 Å². The molecule has 1 aliphatic heterocycles. The van der Waals surface area contributed by atoms with E-state index >= 15 is 0 Å². The monoisotopic (exact) mass is 328 g/mol. The Labute approximate surface area is 121 Å². The van der Waals surface area contributed by atoms with Crippen molar-refractivity contribution in [3.63, 3.8) is 0 Å². The van der Waals surface area contributed by atoms with E-state index < -0.39 is 5.82 Å². The Morgan fingerprint density at radius 2 is 2.32 bits per heavy atom. The summed E-state index contributed by atoms with van der Waals surface area (Å²) in [6, 6.07) is 4.78. The Hall–Kier alpha value is -0.940. The van der Waals surface area contributed by atoms with Crippen LogP contribution in [0.15, 0.2) is 22.7 Å². The lowest BCUT2D eigenvalue weighted by atomic mass is 9.90. The molecule has 1 aromatic rings. The summed E-state index contributed by atoms with van der Waals surface area (Å²) in [4.78, 5) is 14.2. The number of nitrogens with two attached hydrogens (primary N) is 1. The number of likely N-dealkylation sites (tertiary alicyclic amines) is 1. The molecule has 0 saturated carbocycles. The first-order valence-electron chi connectivity index (χ1n) is 6.51. The van der Waals surface area contributed by atoms with E-state index in [0.29, 0.717) is 23.5 Å². The first-order chi connectivity index (χ1) is 9.06. The van der Waals surface area contributed by atoms with Gasteiger partial charge in [0.1, 0.15) is 5.82 Å². The van der Waals surface area contributed by atoms with E-state index in [1.54, 1.807) is 17.0 Å². The second-order valence-electron chi connectivity index (χ2n) is 5.02. The zero-order valence-electron chi connectivity index (χ0n) is 10.9. The normalized spacial score (nSPS) is 23.5. The van der Waals surface area contributed by atoms with Gasteiger partial charge in [0.15, 0.2) is 0 Å². The molecule has 2 N–H and O–H groups in total. The van der Waals surface area contributed by atoms with Crippen molar-refractivity contribution in [3.8, 4) is 0 Å². The number of carbonyl (C=O) groups is 1. The summed E-state index contributed by atoms with van der Waals surface area (Å²) in [5.41, 5.74) is 5.88. The minimum atomic E-state index is -0.499. The van der Waals surface area contributed by atoms with Gasteiger partial charge in [-0.1, -0.05) is 13.0 Å². The van der Waals surface area contributed by atoms with Crippen molar-refractivity contribution in [1.29, 1.82) is 0 Å². The van der Waals surface area contributed by atoms with Crippen LogP contribution in [-0.4, -0.2) is 29.9 Å². The number of piperidine rings is 1. The zero-order chi connectivity index (χ0) is 14.0. The van der Waals surface area contributed by atoms with Crippen LogP contribution in [0.4, 0.5) is 4.39 Å². The van der Waals surface area contributed by atoms with Crippen LogP contribution in [-0.2, 0) is 0 Å². The van der Waals surface area contributed by atoms with Crippen molar-refractivity contribution < 1.29 is 9.18 Å². The molecule has 1 heterocycles. The van der Waals surface area contributed by atoms with Crippen LogP contribution in [0.25, 0.3) is 0 Å². The van der Waals surface area contributed by atoms with Gasteiger partial charge in [-0.05, 0) is 46.8 Å². The Bertz CT molecular complexity index is 481. The molecule has 2 atom stereocenters. The molecule has 1 fully saturated rings. The highest BCUT2D eigenvalue weighted by Gasteiger charge is 2.32. The molecule has 1 aliphatic rings. The molecule has 0 bridgehead atoms. The Morgan fingerprint density at radius 3 is 3.00 bits per heavy atom. The van der Waals surface area contributed by atoms with Gasteiger partial charge in [-0.15, -0.1) is 0 Å². The van der Waals surface area contributed by atoms with E-state index in [0.717, 1.165) is 12.8 Å². The van der Waals surface area contributed by atoms with Gasteiger partial charge >= 0.3 is 0 Å². The average Bonchev–Trinajstić information content (AvgIpc) is 2.41. The van der Waals surface area contributed by atoms with Gasteiger partial charge in [-0.25, -0.2) is 4.39 Å². The lowest BCUT2D eigenvalue weighted by molar-refractivity contribution is 0.0527. The molecule has 1 aromatic carbocycles. The molecule has 0 radical (unpaired) electrons. The lowest BCUT2D eigenvalue weighted by Gasteiger charge is -2.39. The molecule has 1 saturated heterocycles.